The number of nitrogens with zero attached hydrogens (tertiary/aromatic N) is 1. The molecule has 350 valence electrons. The maximum atomic E-state index is 12.1. The van der Waals surface area contributed by atoms with Gasteiger partial charge in [0.15, 0.2) is 6.10 Å². The summed E-state index contributed by atoms with van der Waals surface area (Å²) in [7, 11) is 2.15. The number of ether oxygens (including phenoxy) is 2. The molecule has 58 heavy (non-hydrogen) atoms. The molecule has 2 N–H and O–H groups in total. The van der Waals surface area contributed by atoms with E-state index in [1.165, 1.54) is 161 Å². The molecule has 0 saturated heterocycles. The number of halogens is 1. The summed E-state index contributed by atoms with van der Waals surface area (Å²) in [4.78, 5) is 33.2. The molecule has 2 atom stereocenters. The van der Waals surface area contributed by atoms with Crippen LogP contribution in [0.3, 0.4) is 0 Å². The highest BCUT2D eigenvalue weighted by atomic mass is 35.5. The van der Waals surface area contributed by atoms with Crippen molar-refractivity contribution in [3.05, 3.63) is 0 Å². The van der Waals surface area contributed by atoms with Crippen molar-refractivity contribution in [1.29, 1.82) is 0 Å². The molecule has 12 heteroatoms. The number of rotatable bonds is 42. The molecular formula is C46H95ClNO9P. The number of aliphatic hydroxyl groups excluding tert-OH is 1. The molecule has 0 aromatic heterocycles. The van der Waals surface area contributed by atoms with Crippen LogP contribution in [0, 0.1) is 0 Å². The summed E-state index contributed by atoms with van der Waals surface area (Å²) in [6.45, 7) is 6.87. The van der Waals surface area contributed by atoms with Crippen molar-refractivity contribution in [2.45, 2.75) is 232 Å². The summed E-state index contributed by atoms with van der Waals surface area (Å²) in [5.74, 6) is -0.575. The Morgan fingerprint density at radius 1 is 0.534 bits per heavy atom. The first-order valence-corrected chi connectivity index (χ1v) is 25.3. The molecule has 0 fully saturated rings. The Morgan fingerprint density at radius 3 is 1.17 bits per heavy atom. The molecule has 0 aliphatic rings. The van der Waals surface area contributed by atoms with Gasteiger partial charge in [-0.15, -0.1) is 0 Å². The average molecular weight is 873 g/mol. The van der Waals surface area contributed by atoms with E-state index in [0.717, 1.165) is 32.1 Å². The Bertz CT molecular complexity index is 922. The Balaban J connectivity index is -0.00000184. The third-order valence-corrected chi connectivity index (χ3v) is 11.3. The number of carbonyl (C=O) groups is 2. The number of unbranched alkanes of at least 4 members (excludes halogenated alkanes) is 28. The molecule has 1 unspecified atom stereocenters. The molecule has 0 aliphatic carbocycles. The molecule has 0 heterocycles. The largest absolute Gasteiger partial charge is 1.00 e. The van der Waals surface area contributed by atoms with Crippen LogP contribution >= 0.6 is 7.82 Å². The van der Waals surface area contributed by atoms with Crippen molar-refractivity contribution < 1.29 is 59.6 Å². The Morgan fingerprint density at radius 2 is 0.862 bits per heavy atom. The van der Waals surface area contributed by atoms with Gasteiger partial charge in [-0.1, -0.05) is 194 Å². The molecule has 0 bridgehead atoms. The molecule has 0 aromatic carbocycles. The fourth-order valence-corrected chi connectivity index (χ4v) is 7.25. The zero-order chi connectivity index (χ0) is 42.7. The highest BCUT2D eigenvalue weighted by molar-refractivity contribution is 7.47. The number of phosphoric ester groups is 1. The lowest BCUT2D eigenvalue weighted by Crippen LogP contribution is -3.00. The number of likely N-dealkylation sites (N-methyl/N-ethyl adjacent to an activating group) is 1. The summed E-state index contributed by atoms with van der Waals surface area (Å²) in [5.41, 5.74) is 0. The molecule has 0 rings (SSSR count). The summed E-state index contributed by atoms with van der Waals surface area (Å²) in [6, 6.07) is 0. The summed E-state index contributed by atoms with van der Waals surface area (Å²) >= 11 is 0. The van der Waals surface area contributed by atoms with E-state index >= 15 is 0 Å². The SMILES string of the molecule is CCCCCCCCCCCCCCCCCC(=O)OC[C@H](CO)OC(=O)CCCCCCCCCCCCCCCCC.CCOP(=O)(O)OCC[N+](C)(C)C.[Cl-]. The highest BCUT2D eigenvalue weighted by Gasteiger charge is 2.21. The van der Waals surface area contributed by atoms with E-state index in [1.54, 1.807) is 6.92 Å². The van der Waals surface area contributed by atoms with Crippen LogP contribution in [0.5, 0.6) is 0 Å². The Kier molecular flexibility index (Phi) is 48.6. The first kappa shape index (κ1) is 61.6. The maximum absolute atomic E-state index is 12.1. The maximum Gasteiger partial charge on any atom is 0.472 e. The first-order chi connectivity index (χ1) is 27.4. The second-order valence-corrected chi connectivity index (χ2v) is 18.6. The zero-order valence-electron chi connectivity index (χ0n) is 38.8. The van der Waals surface area contributed by atoms with Gasteiger partial charge in [-0.05, 0) is 19.8 Å². The highest BCUT2D eigenvalue weighted by Crippen LogP contribution is 2.42. The van der Waals surface area contributed by atoms with E-state index in [0.29, 0.717) is 23.9 Å². The summed E-state index contributed by atoms with van der Waals surface area (Å²) in [6.07, 6.45) is 38.7. The molecule has 10 nitrogen and oxygen atoms in total. The van der Waals surface area contributed by atoms with Crippen LogP contribution in [-0.4, -0.2) is 86.6 Å². The first-order valence-electron chi connectivity index (χ1n) is 23.8. The third-order valence-electron chi connectivity index (χ3n) is 10.2. The lowest BCUT2D eigenvalue weighted by atomic mass is 10.0. The second kappa shape index (κ2) is 45.8. The zero-order valence-corrected chi connectivity index (χ0v) is 40.4. The fraction of sp³-hybridized carbons (Fsp3) is 0.957. The fourth-order valence-electron chi connectivity index (χ4n) is 6.54. The standard InChI is InChI=1S/C39H76O5.C7H18NO4P.ClH/c1-3-5-7-9-11-13-15-17-19-21-23-25-27-29-31-33-38(41)43-36-37(35-40)44-39(42)34-32-30-28-26-24-22-20-18-16-14-12-10-8-6-4-2;1-5-11-13(9,10)12-7-6-8(2,3)4;/h37,40H,3-36H2,1-2H3;5-7H2,1-4H3;1H/t37-;;/m0../s1. The molecule has 0 aromatic rings. The van der Waals surface area contributed by atoms with Gasteiger partial charge < -0.3 is 36.4 Å². The van der Waals surface area contributed by atoms with Gasteiger partial charge in [0.1, 0.15) is 19.8 Å². The second-order valence-electron chi connectivity index (χ2n) is 17.1. The summed E-state index contributed by atoms with van der Waals surface area (Å²) < 4.78 is 31.5. The van der Waals surface area contributed by atoms with Crippen molar-refractivity contribution in [1.82, 2.24) is 0 Å². The van der Waals surface area contributed by atoms with Crippen LogP contribution in [-0.2, 0) is 32.7 Å². The predicted molar refractivity (Wildman–Crippen MR) is 237 cm³/mol. The molecule has 0 saturated carbocycles. The Labute approximate surface area is 364 Å². The minimum absolute atomic E-state index is 0. The minimum Gasteiger partial charge on any atom is -1.00 e. The van der Waals surface area contributed by atoms with Crippen molar-refractivity contribution in [3.8, 4) is 0 Å². The van der Waals surface area contributed by atoms with E-state index in [4.69, 9.17) is 18.9 Å². The van der Waals surface area contributed by atoms with Gasteiger partial charge in [0.05, 0.1) is 34.4 Å². The van der Waals surface area contributed by atoms with Crippen LogP contribution < -0.4 is 12.4 Å². The molecular weight excluding hydrogens is 777 g/mol. The number of hydrogen-bond donors (Lipinski definition) is 2. The van der Waals surface area contributed by atoms with E-state index in [9.17, 15) is 19.3 Å². The third kappa shape index (κ3) is 51.4. The minimum atomic E-state index is -3.79. The van der Waals surface area contributed by atoms with Gasteiger partial charge in [0.2, 0.25) is 0 Å². The van der Waals surface area contributed by atoms with Crippen molar-refractivity contribution in [3.63, 3.8) is 0 Å². The number of phosphoric acid groups is 1. The topological polar surface area (TPSA) is 129 Å². The van der Waals surface area contributed by atoms with E-state index < -0.39 is 13.9 Å². The molecule has 0 aliphatic heterocycles. The number of carbonyl (C=O) groups excluding carboxylic acids is 2. The molecule has 0 spiro atoms. The lowest BCUT2D eigenvalue weighted by molar-refractivity contribution is -0.870. The number of quaternary nitrogens is 1. The van der Waals surface area contributed by atoms with Gasteiger partial charge in [0.25, 0.3) is 0 Å². The van der Waals surface area contributed by atoms with Gasteiger partial charge in [-0.25, -0.2) is 4.57 Å². The molecule has 0 radical (unpaired) electrons. The van der Waals surface area contributed by atoms with Crippen LogP contribution in [0.15, 0.2) is 0 Å². The lowest BCUT2D eigenvalue weighted by Gasteiger charge is -2.23. The van der Waals surface area contributed by atoms with Crippen molar-refractivity contribution in [2.75, 3.05) is 54.1 Å². The normalized spacial score (nSPS) is 12.9. The number of aliphatic hydroxyl groups is 1. The van der Waals surface area contributed by atoms with Gasteiger partial charge in [0, 0.05) is 12.8 Å². The number of hydrogen-bond acceptors (Lipinski definition) is 8. The van der Waals surface area contributed by atoms with Gasteiger partial charge in [-0.3, -0.25) is 18.6 Å². The Hall–Kier alpha value is -0.740. The van der Waals surface area contributed by atoms with Crippen molar-refractivity contribution >= 4 is 19.8 Å². The van der Waals surface area contributed by atoms with Gasteiger partial charge in [-0.2, -0.15) is 0 Å². The van der Waals surface area contributed by atoms with Crippen LogP contribution in [0.25, 0.3) is 0 Å². The van der Waals surface area contributed by atoms with Crippen LogP contribution in [0.4, 0.5) is 0 Å². The monoisotopic (exact) mass is 872 g/mol. The average Bonchev–Trinajstić information content (AvgIpc) is 3.16. The summed E-state index contributed by atoms with van der Waals surface area (Å²) in [5, 5.41) is 9.54. The van der Waals surface area contributed by atoms with E-state index in [-0.39, 0.29) is 50.8 Å². The quantitative estimate of drug-likeness (QED) is 0.0267. The molecule has 0 amide bonds. The van der Waals surface area contributed by atoms with Gasteiger partial charge >= 0.3 is 19.8 Å². The van der Waals surface area contributed by atoms with Crippen LogP contribution in [0.1, 0.15) is 226 Å². The predicted octanol–water partition coefficient (Wildman–Crippen LogP) is 9.81. The smallest absolute Gasteiger partial charge is 0.472 e. The van der Waals surface area contributed by atoms with Crippen molar-refractivity contribution in [2.24, 2.45) is 0 Å². The number of esters is 2. The van der Waals surface area contributed by atoms with Crippen LogP contribution in [0.2, 0.25) is 0 Å². The van der Waals surface area contributed by atoms with E-state index in [1.807, 2.05) is 21.1 Å². The van der Waals surface area contributed by atoms with E-state index in [2.05, 4.69) is 18.4 Å².